The number of alkyl halides is 6. The van der Waals surface area contributed by atoms with E-state index >= 15 is 0 Å². The number of aromatic nitrogens is 2. The molecule has 0 aliphatic heterocycles. The van der Waals surface area contributed by atoms with Gasteiger partial charge in [-0.15, -0.1) is 0 Å². The van der Waals surface area contributed by atoms with Gasteiger partial charge in [-0.05, 0) is 42.7 Å². The van der Waals surface area contributed by atoms with Crippen molar-refractivity contribution in [3.8, 4) is 5.75 Å². The summed E-state index contributed by atoms with van der Waals surface area (Å²) in [4.78, 5) is 19.5. The number of aryl methyl sites for hydroxylation is 2. The standard InChI is InChI=1S/C23H20F6N4O7S2/c1-3-15-9-14(10-17(20(34)35)18(15)40-42(38,39)23(27,28)29)12-33(41(36,37)22(24,25)26)21-30-11-13(2)19(32-21)31-16-7-5-4-6-8-16/h4-11H,3,12H2,1-2H3,(H,34,35)(H,30,31,32). The minimum absolute atomic E-state index is 0.0739. The highest BCUT2D eigenvalue weighted by Gasteiger charge is 2.52. The lowest BCUT2D eigenvalue weighted by Gasteiger charge is -2.25. The maximum Gasteiger partial charge on any atom is 0.534 e. The summed E-state index contributed by atoms with van der Waals surface area (Å²) in [5.41, 5.74) is -13.2. The Hall–Kier alpha value is -4.13. The van der Waals surface area contributed by atoms with Gasteiger partial charge in [-0.25, -0.2) is 14.1 Å². The SMILES string of the molecule is CCc1cc(CN(c2ncc(C)c(Nc3ccccc3)n2)S(=O)(=O)C(F)(F)F)cc(C(=O)O)c1OS(=O)(=O)C(F)(F)F. The maximum absolute atomic E-state index is 13.7. The fraction of sp³-hybridized carbons (Fsp3) is 0.261. The molecule has 0 saturated heterocycles. The number of carbonyl (C=O) groups is 1. The molecule has 0 aliphatic carbocycles. The van der Waals surface area contributed by atoms with Crippen LogP contribution in [-0.2, 0) is 33.1 Å². The van der Waals surface area contributed by atoms with E-state index in [1.807, 2.05) is 0 Å². The Labute approximate surface area is 235 Å². The molecule has 228 valence electrons. The highest BCUT2D eigenvalue weighted by Crippen LogP contribution is 2.36. The zero-order chi connectivity index (χ0) is 31.7. The predicted molar refractivity (Wildman–Crippen MR) is 136 cm³/mol. The number of benzene rings is 2. The summed E-state index contributed by atoms with van der Waals surface area (Å²) in [6.45, 7) is 1.49. The van der Waals surface area contributed by atoms with E-state index in [0.29, 0.717) is 17.3 Å². The van der Waals surface area contributed by atoms with Crippen molar-refractivity contribution >= 4 is 43.6 Å². The van der Waals surface area contributed by atoms with Crippen LogP contribution >= 0.6 is 0 Å². The molecule has 0 saturated carbocycles. The summed E-state index contributed by atoms with van der Waals surface area (Å²) >= 11 is 0. The maximum atomic E-state index is 13.7. The van der Waals surface area contributed by atoms with Gasteiger partial charge in [0.1, 0.15) is 11.4 Å². The van der Waals surface area contributed by atoms with Gasteiger partial charge in [0.2, 0.25) is 5.95 Å². The van der Waals surface area contributed by atoms with Crippen LogP contribution in [0.1, 0.15) is 34.0 Å². The number of hydrogen-bond donors (Lipinski definition) is 2. The molecule has 3 aromatic rings. The van der Waals surface area contributed by atoms with Crippen molar-refractivity contribution in [2.45, 2.75) is 37.8 Å². The van der Waals surface area contributed by atoms with Crippen LogP contribution in [0.5, 0.6) is 5.75 Å². The molecule has 2 aromatic carbocycles. The molecule has 2 N–H and O–H groups in total. The quantitative estimate of drug-likeness (QED) is 0.178. The van der Waals surface area contributed by atoms with E-state index in [4.69, 9.17) is 0 Å². The van der Waals surface area contributed by atoms with Crippen LogP contribution < -0.4 is 13.8 Å². The Bertz CT molecular complexity index is 1700. The van der Waals surface area contributed by atoms with E-state index in [1.54, 1.807) is 30.3 Å². The molecule has 0 unspecified atom stereocenters. The van der Waals surface area contributed by atoms with Gasteiger partial charge in [0.15, 0.2) is 5.75 Å². The molecule has 3 rings (SSSR count). The van der Waals surface area contributed by atoms with E-state index in [9.17, 15) is 53.1 Å². The molecule has 19 heteroatoms. The fourth-order valence-corrected chi connectivity index (χ4v) is 4.80. The molecule has 0 spiro atoms. The van der Waals surface area contributed by atoms with Crippen LogP contribution in [0.4, 0.5) is 43.8 Å². The molecule has 0 fully saturated rings. The summed E-state index contributed by atoms with van der Waals surface area (Å²) < 4.78 is 132. The summed E-state index contributed by atoms with van der Waals surface area (Å²) in [7, 11) is -12.6. The smallest absolute Gasteiger partial charge is 0.478 e. The van der Waals surface area contributed by atoms with Gasteiger partial charge >= 0.3 is 37.1 Å². The normalized spacial score (nSPS) is 12.6. The predicted octanol–water partition coefficient (Wildman–Crippen LogP) is 4.87. The molecular formula is C23H20F6N4O7S2. The van der Waals surface area contributed by atoms with Gasteiger partial charge in [-0.1, -0.05) is 31.2 Å². The van der Waals surface area contributed by atoms with Crippen molar-refractivity contribution in [1.82, 2.24) is 9.97 Å². The topological polar surface area (TPSA) is 156 Å². The van der Waals surface area contributed by atoms with Crippen LogP contribution in [0.25, 0.3) is 0 Å². The Kier molecular flexibility index (Phi) is 8.97. The first-order chi connectivity index (χ1) is 19.3. The molecule has 0 amide bonds. The van der Waals surface area contributed by atoms with E-state index in [1.165, 1.54) is 13.8 Å². The lowest BCUT2D eigenvalue weighted by Crippen LogP contribution is -2.41. The monoisotopic (exact) mass is 642 g/mol. The van der Waals surface area contributed by atoms with E-state index < -0.39 is 72.1 Å². The van der Waals surface area contributed by atoms with E-state index in [2.05, 4.69) is 19.5 Å². The Morgan fingerprint density at radius 3 is 2.17 bits per heavy atom. The number of carboxylic acid groups (broad SMARTS) is 1. The van der Waals surface area contributed by atoms with Crippen molar-refractivity contribution < 1.29 is 57.3 Å². The van der Waals surface area contributed by atoms with Crippen LogP contribution in [0.15, 0.2) is 48.7 Å². The summed E-state index contributed by atoms with van der Waals surface area (Å²) in [5.74, 6) is -4.30. The second-order valence-corrected chi connectivity index (χ2v) is 11.8. The number of halogens is 6. The summed E-state index contributed by atoms with van der Waals surface area (Å²) in [5, 5.41) is 12.4. The summed E-state index contributed by atoms with van der Waals surface area (Å²) in [6, 6.07) is 9.44. The minimum atomic E-state index is -6.34. The summed E-state index contributed by atoms with van der Waals surface area (Å²) in [6.07, 6.45) is 0.667. The second-order valence-electron chi connectivity index (χ2n) is 8.42. The number of aromatic carboxylic acids is 1. The van der Waals surface area contributed by atoms with E-state index in [0.717, 1.165) is 12.3 Å². The minimum Gasteiger partial charge on any atom is -0.478 e. The number of nitrogens with zero attached hydrogens (tertiary/aromatic N) is 3. The van der Waals surface area contributed by atoms with Crippen LogP contribution in [-0.4, -0.2) is 48.9 Å². The van der Waals surface area contributed by atoms with Crippen molar-refractivity contribution in [2.75, 3.05) is 9.62 Å². The first-order valence-electron chi connectivity index (χ1n) is 11.4. The molecule has 42 heavy (non-hydrogen) atoms. The first kappa shape index (κ1) is 32.4. The number of hydrogen-bond acceptors (Lipinski definition) is 9. The Morgan fingerprint density at radius 1 is 1.02 bits per heavy atom. The van der Waals surface area contributed by atoms with Crippen molar-refractivity contribution in [3.05, 3.63) is 70.9 Å². The van der Waals surface area contributed by atoms with Gasteiger partial charge < -0.3 is 14.6 Å². The molecule has 11 nitrogen and oxygen atoms in total. The van der Waals surface area contributed by atoms with Crippen LogP contribution in [0.2, 0.25) is 0 Å². The highest BCUT2D eigenvalue weighted by molar-refractivity contribution is 7.93. The number of nitrogens with one attached hydrogen (secondary N) is 1. The highest BCUT2D eigenvalue weighted by atomic mass is 32.2. The first-order valence-corrected chi connectivity index (χ1v) is 14.3. The largest absolute Gasteiger partial charge is 0.534 e. The van der Waals surface area contributed by atoms with Gasteiger partial charge in [0.25, 0.3) is 0 Å². The lowest BCUT2D eigenvalue weighted by molar-refractivity contribution is -0.0501. The number of para-hydroxylation sites is 1. The molecule has 1 aromatic heterocycles. The lowest BCUT2D eigenvalue weighted by atomic mass is 10.0. The number of anilines is 3. The molecule has 0 atom stereocenters. The Balaban J connectivity index is 2.18. The van der Waals surface area contributed by atoms with Crippen LogP contribution in [0.3, 0.4) is 0 Å². The molecule has 0 radical (unpaired) electrons. The number of carboxylic acids is 1. The van der Waals surface area contributed by atoms with Gasteiger partial charge in [-0.2, -0.15) is 48.2 Å². The van der Waals surface area contributed by atoms with Crippen LogP contribution in [0, 0.1) is 6.92 Å². The van der Waals surface area contributed by atoms with Crippen molar-refractivity contribution in [1.29, 1.82) is 0 Å². The molecule has 0 aliphatic rings. The fourth-order valence-electron chi connectivity index (χ4n) is 3.41. The van der Waals surface area contributed by atoms with Gasteiger partial charge in [0.05, 0.1) is 6.54 Å². The zero-order valence-electron chi connectivity index (χ0n) is 21.4. The van der Waals surface area contributed by atoms with Gasteiger partial charge in [0, 0.05) is 17.4 Å². The third kappa shape index (κ3) is 6.84. The average molecular weight is 643 g/mol. The molecular weight excluding hydrogens is 622 g/mol. The third-order valence-electron chi connectivity index (χ3n) is 5.44. The van der Waals surface area contributed by atoms with E-state index in [-0.39, 0.29) is 16.5 Å². The zero-order valence-corrected chi connectivity index (χ0v) is 23.0. The Morgan fingerprint density at radius 2 is 1.64 bits per heavy atom. The third-order valence-corrected chi connectivity index (χ3v) is 7.85. The van der Waals surface area contributed by atoms with Crippen molar-refractivity contribution in [2.24, 2.45) is 0 Å². The number of sulfonamides is 1. The molecule has 0 bridgehead atoms. The molecule has 1 heterocycles. The van der Waals surface area contributed by atoms with Crippen molar-refractivity contribution in [3.63, 3.8) is 0 Å². The average Bonchev–Trinajstić information content (AvgIpc) is 2.88. The second kappa shape index (κ2) is 11.6. The van der Waals surface area contributed by atoms with Gasteiger partial charge in [-0.3, -0.25) is 0 Å². The number of rotatable bonds is 10.